The van der Waals surface area contributed by atoms with Gasteiger partial charge >= 0.3 is 6.03 Å². The summed E-state index contributed by atoms with van der Waals surface area (Å²) in [7, 11) is -0.761. The first kappa shape index (κ1) is 33.6. The van der Waals surface area contributed by atoms with Crippen molar-refractivity contribution in [3.63, 3.8) is 0 Å². The van der Waals surface area contributed by atoms with Crippen LogP contribution in [0, 0.1) is 5.92 Å². The minimum absolute atomic E-state index is 0.0517. The lowest BCUT2D eigenvalue weighted by Gasteiger charge is -2.34. The molecular formula is C35H40N4O7S. The van der Waals surface area contributed by atoms with Gasteiger partial charge in [0.1, 0.15) is 17.6 Å². The summed E-state index contributed by atoms with van der Waals surface area (Å²) in [5.41, 5.74) is 1.42. The number of nitrogens with zero attached hydrogens (tertiary/aromatic N) is 2. The highest BCUT2D eigenvalue weighted by molar-refractivity contribution is 7.92. The van der Waals surface area contributed by atoms with Crippen LogP contribution in [0.2, 0.25) is 0 Å². The Bertz CT molecular complexity index is 1840. The SMILES string of the molecule is COc1ccc(S(=O)(=O)Nc2ccc3c(c2)CC(=O)N([C@@H](C)CO)C[C@H](C)[C@@H](CN(C)C(=O)Nc2cccc4ccccc24)O3)cc1. The molecule has 0 fully saturated rings. The second-order valence-corrected chi connectivity index (χ2v) is 13.5. The van der Waals surface area contributed by atoms with Crippen molar-refractivity contribution in [2.45, 2.75) is 37.3 Å². The van der Waals surface area contributed by atoms with Crippen molar-refractivity contribution in [1.29, 1.82) is 0 Å². The number of anilines is 2. The number of hydrogen-bond donors (Lipinski definition) is 3. The molecule has 5 rings (SSSR count). The zero-order valence-electron chi connectivity index (χ0n) is 26.8. The molecule has 0 spiro atoms. The quantitative estimate of drug-likeness (QED) is 0.231. The number of aliphatic hydroxyl groups excluding tert-OH is 1. The van der Waals surface area contributed by atoms with Crippen molar-refractivity contribution in [2.24, 2.45) is 5.92 Å². The Kier molecular flexibility index (Phi) is 10.2. The monoisotopic (exact) mass is 660 g/mol. The van der Waals surface area contributed by atoms with E-state index in [1.807, 2.05) is 49.4 Å². The number of nitrogens with one attached hydrogen (secondary N) is 2. The molecule has 1 aliphatic rings. The van der Waals surface area contributed by atoms with Gasteiger partial charge in [0.2, 0.25) is 5.91 Å². The summed E-state index contributed by atoms with van der Waals surface area (Å²) in [6.45, 7) is 3.95. The average Bonchev–Trinajstić information content (AvgIpc) is 3.11. The first-order valence-electron chi connectivity index (χ1n) is 15.4. The average molecular weight is 661 g/mol. The van der Waals surface area contributed by atoms with Gasteiger partial charge in [0.05, 0.1) is 43.3 Å². The molecule has 1 heterocycles. The first-order chi connectivity index (χ1) is 22.5. The summed E-state index contributed by atoms with van der Waals surface area (Å²) in [6, 6.07) is 23.5. The van der Waals surface area contributed by atoms with Crippen LogP contribution in [0.25, 0.3) is 10.8 Å². The number of rotatable bonds is 9. The van der Waals surface area contributed by atoms with E-state index in [1.165, 1.54) is 19.2 Å². The van der Waals surface area contributed by atoms with Gasteiger partial charge in [-0.25, -0.2) is 13.2 Å². The molecule has 11 nitrogen and oxygen atoms in total. The predicted molar refractivity (Wildman–Crippen MR) is 181 cm³/mol. The number of sulfonamides is 1. The fraction of sp³-hybridized carbons (Fsp3) is 0.314. The number of benzene rings is 4. The topological polar surface area (TPSA) is 138 Å². The van der Waals surface area contributed by atoms with E-state index >= 15 is 0 Å². The van der Waals surface area contributed by atoms with Crippen molar-refractivity contribution in [2.75, 3.05) is 43.9 Å². The van der Waals surface area contributed by atoms with Gasteiger partial charge in [0.25, 0.3) is 10.0 Å². The van der Waals surface area contributed by atoms with Crippen LogP contribution in [0.1, 0.15) is 19.4 Å². The number of carbonyl (C=O) groups is 2. The van der Waals surface area contributed by atoms with E-state index in [0.717, 1.165) is 10.8 Å². The number of ether oxygens (including phenoxy) is 2. The molecule has 3 amide bonds. The molecule has 12 heteroatoms. The molecule has 0 saturated carbocycles. The fourth-order valence-electron chi connectivity index (χ4n) is 5.58. The van der Waals surface area contributed by atoms with Gasteiger partial charge in [-0.3, -0.25) is 9.52 Å². The van der Waals surface area contributed by atoms with Gasteiger partial charge in [-0.05, 0) is 60.8 Å². The van der Waals surface area contributed by atoms with E-state index in [1.54, 1.807) is 54.1 Å². The number of fused-ring (bicyclic) bond motifs is 2. The molecule has 248 valence electrons. The van der Waals surface area contributed by atoms with Gasteiger partial charge in [0.15, 0.2) is 0 Å². The Hall–Kier alpha value is -4.81. The molecule has 0 aromatic heterocycles. The number of amides is 3. The molecule has 0 unspecified atom stereocenters. The third kappa shape index (κ3) is 7.78. The van der Waals surface area contributed by atoms with Crippen LogP contribution < -0.4 is 19.5 Å². The van der Waals surface area contributed by atoms with E-state index < -0.39 is 22.2 Å². The summed E-state index contributed by atoms with van der Waals surface area (Å²) < 4.78 is 40.5. The molecular weight excluding hydrogens is 620 g/mol. The summed E-state index contributed by atoms with van der Waals surface area (Å²) in [5.74, 6) is 0.462. The van der Waals surface area contributed by atoms with Crippen molar-refractivity contribution in [1.82, 2.24) is 9.80 Å². The maximum absolute atomic E-state index is 13.6. The Balaban J connectivity index is 1.40. The zero-order valence-corrected chi connectivity index (χ0v) is 27.7. The van der Waals surface area contributed by atoms with E-state index in [-0.39, 0.29) is 54.6 Å². The van der Waals surface area contributed by atoms with E-state index in [9.17, 15) is 23.1 Å². The van der Waals surface area contributed by atoms with E-state index in [2.05, 4.69) is 10.0 Å². The normalized spacial score (nSPS) is 17.4. The molecule has 0 radical (unpaired) electrons. The van der Waals surface area contributed by atoms with Gasteiger partial charge < -0.3 is 29.7 Å². The molecule has 0 aliphatic carbocycles. The zero-order chi connectivity index (χ0) is 33.7. The molecule has 1 aliphatic heterocycles. The lowest BCUT2D eigenvalue weighted by Crippen LogP contribution is -2.48. The number of aliphatic hydroxyl groups is 1. The smallest absolute Gasteiger partial charge is 0.321 e. The minimum Gasteiger partial charge on any atom is -0.497 e. The molecule has 4 aromatic carbocycles. The van der Waals surface area contributed by atoms with Gasteiger partial charge in [-0.1, -0.05) is 43.3 Å². The van der Waals surface area contributed by atoms with Gasteiger partial charge in [0, 0.05) is 36.1 Å². The predicted octanol–water partition coefficient (Wildman–Crippen LogP) is 4.96. The summed E-state index contributed by atoms with van der Waals surface area (Å²) in [6.07, 6.45) is -0.618. The number of hydrogen-bond acceptors (Lipinski definition) is 7. The Morgan fingerprint density at radius 3 is 2.53 bits per heavy atom. The molecule has 0 bridgehead atoms. The van der Waals surface area contributed by atoms with Crippen LogP contribution in [0.3, 0.4) is 0 Å². The minimum atomic E-state index is -3.94. The van der Waals surface area contributed by atoms with Crippen LogP contribution in [-0.2, 0) is 21.2 Å². The molecule has 0 saturated heterocycles. The first-order valence-corrected chi connectivity index (χ1v) is 16.8. The molecule has 4 aromatic rings. The second kappa shape index (κ2) is 14.3. The van der Waals surface area contributed by atoms with Gasteiger partial charge in [-0.2, -0.15) is 0 Å². The number of urea groups is 1. The number of likely N-dealkylation sites (N-methyl/N-ethyl adjacent to an activating group) is 1. The summed E-state index contributed by atoms with van der Waals surface area (Å²) in [5, 5.41) is 14.9. The summed E-state index contributed by atoms with van der Waals surface area (Å²) in [4.78, 5) is 30.2. The second-order valence-electron chi connectivity index (χ2n) is 11.8. The van der Waals surface area contributed by atoms with Gasteiger partial charge in [-0.15, -0.1) is 0 Å². The number of methoxy groups -OCH3 is 1. The molecule has 47 heavy (non-hydrogen) atoms. The van der Waals surface area contributed by atoms with E-state index in [4.69, 9.17) is 9.47 Å². The summed E-state index contributed by atoms with van der Waals surface area (Å²) >= 11 is 0. The van der Waals surface area contributed by atoms with Crippen molar-refractivity contribution < 1.29 is 32.6 Å². The highest BCUT2D eigenvalue weighted by Crippen LogP contribution is 2.31. The van der Waals surface area contributed by atoms with Crippen LogP contribution >= 0.6 is 0 Å². The third-order valence-electron chi connectivity index (χ3n) is 8.37. The highest BCUT2D eigenvalue weighted by Gasteiger charge is 2.32. The Morgan fingerprint density at radius 2 is 1.81 bits per heavy atom. The maximum Gasteiger partial charge on any atom is 0.321 e. The van der Waals surface area contributed by atoms with Crippen LogP contribution in [0.4, 0.5) is 16.2 Å². The van der Waals surface area contributed by atoms with Crippen LogP contribution in [0.5, 0.6) is 11.5 Å². The van der Waals surface area contributed by atoms with Crippen LogP contribution in [-0.4, -0.2) is 81.3 Å². The largest absolute Gasteiger partial charge is 0.497 e. The fourth-order valence-corrected chi connectivity index (χ4v) is 6.63. The molecule has 3 atom stereocenters. The number of carbonyl (C=O) groups excluding carboxylic acids is 2. The van der Waals surface area contributed by atoms with Crippen LogP contribution in [0.15, 0.2) is 89.8 Å². The lowest BCUT2D eigenvalue weighted by atomic mass is 10.0. The van der Waals surface area contributed by atoms with Crippen molar-refractivity contribution in [3.05, 3.63) is 90.5 Å². The maximum atomic E-state index is 13.6. The third-order valence-corrected chi connectivity index (χ3v) is 9.77. The standard InChI is InChI=1S/C35H40N4O7S/c1-23-20-39(24(2)22-40)34(41)19-26-18-27(37-47(43,44)29-15-13-28(45-4)14-16-29)12-17-32(26)46-33(23)21-38(3)35(42)36-31-11-7-9-25-8-5-6-10-30(25)31/h5-18,23-24,33,37,40H,19-22H2,1-4H3,(H,36,42)/t23-,24-,33+/m0/s1. The van der Waals surface area contributed by atoms with Crippen molar-refractivity contribution in [3.8, 4) is 11.5 Å². The van der Waals surface area contributed by atoms with E-state index in [0.29, 0.717) is 22.7 Å². The molecule has 3 N–H and O–H groups in total. The van der Waals surface area contributed by atoms with Crippen molar-refractivity contribution >= 4 is 44.1 Å². The Morgan fingerprint density at radius 1 is 1.09 bits per heavy atom. The Labute approximate surface area is 275 Å². The highest BCUT2D eigenvalue weighted by atomic mass is 32.2. The lowest BCUT2D eigenvalue weighted by molar-refractivity contribution is -0.134.